The van der Waals surface area contributed by atoms with Crippen molar-refractivity contribution in [3.8, 4) is 11.5 Å². The molecule has 0 saturated carbocycles. The number of aryl methyl sites for hydroxylation is 1. The lowest BCUT2D eigenvalue weighted by Crippen LogP contribution is -2.23. The van der Waals surface area contributed by atoms with Crippen molar-refractivity contribution in [1.29, 1.82) is 0 Å². The first-order chi connectivity index (χ1) is 10.2. The summed E-state index contributed by atoms with van der Waals surface area (Å²) in [5.74, 6) is 0.573. The molecule has 0 N–H and O–H groups in total. The average molecular weight is 320 g/mol. The van der Waals surface area contributed by atoms with Crippen LogP contribution in [0, 0.1) is 6.92 Å². The van der Waals surface area contributed by atoms with Crippen LogP contribution < -0.4 is 8.92 Å². The Morgan fingerprint density at radius 2 is 1.41 bits per heavy atom. The standard InChI is InChI=1S/C17H20O4S/c1-13-9-11-14(12-10-13)22(18,19)21-16-8-6-5-7-15(16)20-17(2,3)4/h5-12H,1-4H3. The van der Waals surface area contributed by atoms with Crippen LogP contribution in [0.3, 0.4) is 0 Å². The SMILES string of the molecule is Cc1ccc(S(=O)(=O)Oc2ccccc2OC(C)(C)C)cc1. The Labute approximate surface area is 131 Å². The van der Waals surface area contributed by atoms with Gasteiger partial charge in [-0.15, -0.1) is 0 Å². The zero-order valence-electron chi connectivity index (χ0n) is 13.2. The summed E-state index contributed by atoms with van der Waals surface area (Å²) in [4.78, 5) is 0.115. The molecule has 4 nitrogen and oxygen atoms in total. The average Bonchev–Trinajstić information content (AvgIpc) is 2.39. The summed E-state index contributed by atoms with van der Waals surface area (Å²) in [6, 6.07) is 13.2. The van der Waals surface area contributed by atoms with E-state index in [0.717, 1.165) is 5.56 Å². The molecule has 2 aromatic rings. The summed E-state index contributed by atoms with van der Waals surface area (Å²) in [6.07, 6.45) is 0. The highest BCUT2D eigenvalue weighted by Crippen LogP contribution is 2.32. The van der Waals surface area contributed by atoms with Crippen LogP contribution in [0.25, 0.3) is 0 Å². The van der Waals surface area contributed by atoms with Gasteiger partial charge in [-0.2, -0.15) is 8.42 Å². The molecule has 0 saturated heterocycles. The van der Waals surface area contributed by atoms with Crippen molar-refractivity contribution in [2.75, 3.05) is 0 Å². The number of rotatable bonds is 4. The van der Waals surface area contributed by atoms with Gasteiger partial charge in [0.2, 0.25) is 0 Å². The van der Waals surface area contributed by atoms with Crippen LogP contribution in [-0.4, -0.2) is 14.0 Å². The molecule has 22 heavy (non-hydrogen) atoms. The Morgan fingerprint density at radius 3 is 1.95 bits per heavy atom. The highest BCUT2D eigenvalue weighted by Gasteiger charge is 2.21. The number of hydrogen-bond acceptors (Lipinski definition) is 4. The second-order valence-electron chi connectivity index (χ2n) is 6.01. The van der Waals surface area contributed by atoms with Crippen LogP contribution in [0.15, 0.2) is 53.4 Å². The highest BCUT2D eigenvalue weighted by atomic mass is 32.2. The molecule has 0 atom stereocenters. The van der Waals surface area contributed by atoms with E-state index < -0.39 is 15.7 Å². The maximum Gasteiger partial charge on any atom is 0.339 e. The maximum absolute atomic E-state index is 12.4. The summed E-state index contributed by atoms with van der Waals surface area (Å²) < 4.78 is 35.7. The van der Waals surface area contributed by atoms with Crippen LogP contribution >= 0.6 is 0 Å². The van der Waals surface area contributed by atoms with E-state index in [4.69, 9.17) is 8.92 Å². The number of benzene rings is 2. The molecule has 118 valence electrons. The number of hydrogen-bond donors (Lipinski definition) is 0. The van der Waals surface area contributed by atoms with Gasteiger partial charge in [0.1, 0.15) is 10.5 Å². The Hall–Kier alpha value is -2.01. The maximum atomic E-state index is 12.4. The van der Waals surface area contributed by atoms with Gasteiger partial charge >= 0.3 is 10.1 Å². The van der Waals surface area contributed by atoms with Crippen molar-refractivity contribution in [2.45, 2.75) is 38.2 Å². The fourth-order valence-corrected chi connectivity index (χ4v) is 2.74. The van der Waals surface area contributed by atoms with Gasteiger partial charge in [0, 0.05) is 0 Å². The van der Waals surface area contributed by atoms with Crippen molar-refractivity contribution in [3.05, 3.63) is 54.1 Å². The molecule has 0 aliphatic rings. The lowest BCUT2D eigenvalue weighted by atomic mass is 10.2. The smallest absolute Gasteiger partial charge is 0.339 e. The molecule has 0 aliphatic carbocycles. The van der Waals surface area contributed by atoms with Crippen molar-refractivity contribution < 1.29 is 17.3 Å². The van der Waals surface area contributed by atoms with Crippen molar-refractivity contribution in [3.63, 3.8) is 0 Å². The van der Waals surface area contributed by atoms with Crippen LogP contribution in [0.1, 0.15) is 26.3 Å². The predicted octanol–water partition coefficient (Wildman–Crippen LogP) is 3.94. The topological polar surface area (TPSA) is 52.6 Å². The van der Waals surface area contributed by atoms with Crippen molar-refractivity contribution in [2.24, 2.45) is 0 Å². The quantitative estimate of drug-likeness (QED) is 0.801. The van der Waals surface area contributed by atoms with Gasteiger partial charge in [-0.3, -0.25) is 0 Å². The molecule has 2 rings (SSSR count). The van der Waals surface area contributed by atoms with E-state index in [1.165, 1.54) is 12.1 Å². The summed E-state index contributed by atoms with van der Waals surface area (Å²) in [5, 5.41) is 0. The Balaban J connectivity index is 2.32. The summed E-state index contributed by atoms with van der Waals surface area (Å²) in [7, 11) is -3.89. The summed E-state index contributed by atoms with van der Waals surface area (Å²) in [5.41, 5.74) is 0.531. The lowest BCUT2D eigenvalue weighted by molar-refractivity contribution is 0.128. The number of ether oxygens (including phenoxy) is 1. The van der Waals surface area contributed by atoms with Crippen LogP contribution in [0.4, 0.5) is 0 Å². The van der Waals surface area contributed by atoms with E-state index >= 15 is 0 Å². The fraction of sp³-hybridized carbons (Fsp3) is 0.294. The molecule has 2 aromatic carbocycles. The minimum absolute atomic E-state index is 0.115. The fourth-order valence-electron chi connectivity index (χ4n) is 1.80. The molecule has 0 aliphatic heterocycles. The Bertz CT molecular complexity index is 741. The molecule has 0 amide bonds. The minimum atomic E-state index is -3.89. The third-order valence-corrected chi connectivity index (χ3v) is 4.02. The monoisotopic (exact) mass is 320 g/mol. The van der Waals surface area contributed by atoms with Crippen LogP contribution in [0.2, 0.25) is 0 Å². The number of para-hydroxylation sites is 2. The molecular weight excluding hydrogens is 300 g/mol. The largest absolute Gasteiger partial charge is 0.484 e. The first kappa shape index (κ1) is 16.4. The molecule has 0 unspecified atom stereocenters. The molecule has 5 heteroatoms. The predicted molar refractivity (Wildman–Crippen MR) is 85.8 cm³/mol. The van der Waals surface area contributed by atoms with E-state index in [2.05, 4.69) is 0 Å². The highest BCUT2D eigenvalue weighted by molar-refractivity contribution is 7.87. The third kappa shape index (κ3) is 4.24. The van der Waals surface area contributed by atoms with E-state index in [1.54, 1.807) is 36.4 Å². The Morgan fingerprint density at radius 1 is 0.864 bits per heavy atom. The van der Waals surface area contributed by atoms with Crippen LogP contribution in [-0.2, 0) is 10.1 Å². The first-order valence-corrected chi connectivity index (χ1v) is 8.37. The molecule has 0 heterocycles. The molecule has 0 spiro atoms. The lowest BCUT2D eigenvalue weighted by Gasteiger charge is -2.22. The summed E-state index contributed by atoms with van der Waals surface area (Å²) >= 11 is 0. The van der Waals surface area contributed by atoms with Gasteiger partial charge in [-0.25, -0.2) is 0 Å². The zero-order valence-corrected chi connectivity index (χ0v) is 14.0. The van der Waals surface area contributed by atoms with Crippen molar-refractivity contribution in [1.82, 2.24) is 0 Å². The van der Waals surface area contributed by atoms with Gasteiger partial charge in [-0.05, 0) is 52.0 Å². The molecule has 0 fully saturated rings. The molecule has 0 bridgehead atoms. The van der Waals surface area contributed by atoms with E-state index in [1.807, 2.05) is 27.7 Å². The first-order valence-electron chi connectivity index (χ1n) is 6.97. The molecule has 0 aromatic heterocycles. The van der Waals surface area contributed by atoms with Gasteiger partial charge in [0.25, 0.3) is 0 Å². The van der Waals surface area contributed by atoms with E-state index in [9.17, 15) is 8.42 Å². The van der Waals surface area contributed by atoms with E-state index in [-0.39, 0.29) is 10.6 Å². The summed E-state index contributed by atoms with van der Waals surface area (Å²) in [6.45, 7) is 7.55. The minimum Gasteiger partial charge on any atom is -0.484 e. The second kappa shape index (κ2) is 6.01. The Kier molecular flexibility index (Phi) is 4.47. The van der Waals surface area contributed by atoms with Gasteiger partial charge in [-0.1, -0.05) is 29.8 Å². The van der Waals surface area contributed by atoms with Gasteiger partial charge in [0.15, 0.2) is 11.5 Å². The molecular formula is C17H20O4S. The van der Waals surface area contributed by atoms with Gasteiger partial charge in [0.05, 0.1) is 0 Å². The van der Waals surface area contributed by atoms with Crippen molar-refractivity contribution >= 4 is 10.1 Å². The van der Waals surface area contributed by atoms with E-state index in [0.29, 0.717) is 5.75 Å². The van der Waals surface area contributed by atoms with Crippen LogP contribution in [0.5, 0.6) is 11.5 Å². The second-order valence-corrected chi connectivity index (χ2v) is 7.56. The third-order valence-electron chi connectivity index (χ3n) is 2.77. The van der Waals surface area contributed by atoms with Gasteiger partial charge < -0.3 is 8.92 Å². The molecule has 0 radical (unpaired) electrons. The normalized spacial score (nSPS) is 12.0. The zero-order chi connectivity index (χ0) is 16.4.